The number of nitrogens with one attached hydrogen (secondary N) is 3. The van der Waals surface area contributed by atoms with Crippen molar-refractivity contribution in [1.29, 1.82) is 5.41 Å². The maximum absolute atomic E-state index is 13.3. The van der Waals surface area contributed by atoms with Crippen LogP contribution in [0.1, 0.15) is 53.7 Å². The fraction of sp³-hybridized carbons (Fsp3) is 0.423. The van der Waals surface area contributed by atoms with E-state index in [0.717, 1.165) is 48.4 Å². The first kappa shape index (κ1) is 24.5. The van der Waals surface area contributed by atoms with Gasteiger partial charge in [-0.2, -0.15) is 0 Å². The predicted molar refractivity (Wildman–Crippen MR) is 137 cm³/mol. The Morgan fingerprint density at radius 3 is 2.63 bits per heavy atom. The second-order valence-electron chi connectivity index (χ2n) is 8.81. The van der Waals surface area contributed by atoms with E-state index in [4.69, 9.17) is 15.9 Å². The number of carbonyl (C=O) groups is 2. The first-order chi connectivity index (χ1) is 16.9. The molecule has 2 aliphatic rings. The van der Waals surface area contributed by atoms with Gasteiger partial charge in [-0.05, 0) is 56.0 Å². The molecule has 2 aromatic carbocycles. The first-order valence-electron chi connectivity index (χ1n) is 12.2. The third kappa shape index (κ3) is 5.24. The summed E-state index contributed by atoms with van der Waals surface area (Å²) in [6, 6.07) is 11.4. The van der Waals surface area contributed by atoms with Gasteiger partial charge in [-0.15, -0.1) is 0 Å². The minimum absolute atomic E-state index is 0.0175. The molecule has 0 saturated carbocycles. The molecule has 0 aromatic heterocycles. The Balaban J connectivity index is 1.48. The van der Waals surface area contributed by atoms with Crippen LogP contribution in [0.15, 0.2) is 36.4 Å². The van der Waals surface area contributed by atoms with Crippen molar-refractivity contribution in [3.63, 3.8) is 0 Å². The largest absolute Gasteiger partial charge is 0.385 e. The molecule has 2 aliphatic heterocycles. The molecule has 1 saturated heterocycles. The summed E-state index contributed by atoms with van der Waals surface area (Å²) in [7, 11) is 0. The average molecular weight is 479 g/mol. The quantitative estimate of drug-likeness (QED) is 0.307. The van der Waals surface area contributed by atoms with Gasteiger partial charge in [-0.3, -0.25) is 15.0 Å². The molecular weight excluding hydrogens is 444 g/mol. The normalized spacial score (nSPS) is 15.8. The van der Waals surface area contributed by atoms with E-state index in [1.807, 2.05) is 32.0 Å². The number of rotatable bonds is 10. The van der Waals surface area contributed by atoms with Crippen LogP contribution in [-0.2, 0) is 22.6 Å². The van der Waals surface area contributed by atoms with Crippen molar-refractivity contribution in [1.82, 2.24) is 10.2 Å². The summed E-state index contributed by atoms with van der Waals surface area (Å²) in [6.45, 7) is 7.35. The topological polar surface area (TPSA) is 124 Å². The van der Waals surface area contributed by atoms with Crippen molar-refractivity contribution in [2.45, 2.75) is 46.0 Å². The first-order valence-corrected chi connectivity index (χ1v) is 12.2. The van der Waals surface area contributed by atoms with Gasteiger partial charge in [0.2, 0.25) is 6.23 Å². The SMILES string of the molecule is CCNc1cc(C(=N)N)ccc1CNC(=O)[C@H](OCC)N1Cc2ccc(N3CCCC3)cc2C1=O. The molecule has 0 bridgehead atoms. The number of hydrogen-bond acceptors (Lipinski definition) is 6. The van der Waals surface area contributed by atoms with E-state index in [0.29, 0.717) is 30.8 Å². The molecule has 9 heteroatoms. The van der Waals surface area contributed by atoms with Crippen LogP contribution >= 0.6 is 0 Å². The lowest BCUT2D eigenvalue weighted by molar-refractivity contribution is -0.143. The number of amidine groups is 1. The molecule has 5 N–H and O–H groups in total. The van der Waals surface area contributed by atoms with E-state index in [1.165, 1.54) is 4.90 Å². The zero-order valence-corrected chi connectivity index (χ0v) is 20.4. The highest BCUT2D eigenvalue weighted by atomic mass is 16.5. The third-order valence-electron chi connectivity index (χ3n) is 6.47. The highest BCUT2D eigenvalue weighted by molar-refractivity contribution is 6.01. The number of ether oxygens (including phenoxy) is 1. The molecule has 35 heavy (non-hydrogen) atoms. The number of amides is 2. The van der Waals surface area contributed by atoms with Crippen molar-refractivity contribution in [3.8, 4) is 0 Å². The molecule has 4 rings (SSSR count). The Bertz CT molecular complexity index is 1110. The van der Waals surface area contributed by atoms with Crippen LogP contribution in [0.3, 0.4) is 0 Å². The molecule has 0 spiro atoms. The Labute approximate surface area is 206 Å². The van der Waals surface area contributed by atoms with Crippen molar-refractivity contribution >= 4 is 29.0 Å². The molecule has 0 unspecified atom stereocenters. The highest BCUT2D eigenvalue weighted by Gasteiger charge is 2.37. The van der Waals surface area contributed by atoms with Crippen LogP contribution in [0, 0.1) is 5.41 Å². The standard InChI is InChI=1S/C26H34N6O3/c1-3-29-22-13-17(23(27)28)7-8-18(22)15-30-24(33)26(35-4-2)32-16-19-9-10-20(14-21(19)25(32)34)31-11-5-6-12-31/h7-10,13-14,26,29H,3-6,11-12,15-16H2,1-2H3,(H3,27,28)(H,30,33)/t26-/m0/s1. The minimum atomic E-state index is -1.02. The predicted octanol–water partition coefficient (Wildman–Crippen LogP) is 2.64. The lowest BCUT2D eigenvalue weighted by Crippen LogP contribution is -2.48. The summed E-state index contributed by atoms with van der Waals surface area (Å²) < 4.78 is 5.76. The van der Waals surface area contributed by atoms with Crippen LogP contribution in [0.5, 0.6) is 0 Å². The maximum atomic E-state index is 13.3. The molecule has 0 aliphatic carbocycles. The lowest BCUT2D eigenvalue weighted by atomic mass is 10.1. The molecule has 9 nitrogen and oxygen atoms in total. The van der Waals surface area contributed by atoms with E-state index in [9.17, 15) is 9.59 Å². The second kappa shape index (κ2) is 10.8. The smallest absolute Gasteiger partial charge is 0.270 e. The Morgan fingerprint density at radius 2 is 1.94 bits per heavy atom. The lowest BCUT2D eigenvalue weighted by Gasteiger charge is -2.26. The number of benzene rings is 2. The van der Waals surface area contributed by atoms with E-state index in [1.54, 1.807) is 12.1 Å². The number of fused-ring (bicyclic) bond motifs is 1. The second-order valence-corrected chi connectivity index (χ2v) is 8.81. The molecule has 2 aromatic rings. The van der Waals surface area contributed by atoms with E-state index in [-0.39, 0.29) is 24.2 Å². The number of nitrogens with zero attached hydrogens (tertiary/aromatic N) is 2. The summed E-state index contributed by atoms with van der Waals surface area (Å²) >= 11 is 0. The number of carbonyl (C=O) groups excluding carboxylic acids is 2. The fourth-order valence-corrected chi connectivity index (χ4v) is 4.66. The molecule has 2 amide bonds. The Hall–Kier alpha value is -3.59. The molecular formula is C26H34N6O3. The van der Waals surface area contributed by atoms with Gasteiger partial charge in [0.25, 0.3) is 11.8 Å². The van der Waals surface area contributed by atoms with Gasteiger partial charge in [0.05, 0.1) is 0 Å². The van der Waals surface area contributed by atoms with Crippen LogP contribution in [-0.4, -0.2) is 55.0 Å². The van der Waals surface area contributed by atoms with Crippen molar-refractivity contribution in [3.05, 3.63) is 58.7 Å². The van der Waals surface area contributed by atoms with Gasteiger partial charge in [-0.25, -0.2) is 0 Å². The zero-order chi connectivity index (χ0) is 24.9. The highest BCUT2D eigenvalue weighted by Crippen LogP contribution is 2.30. The summed E-state index contributed by atoms with van der Waals surface area (Å²) in [4.78, 5) is 30.3. The van der Waals surface area contributed by atoms with Crippen LogP contribution in [0.25, 0.3) is 0 Å². The summed E-state index contributed by atoms with van der Waals surface area (Å²) in [5, 5.41) is 13.8. The fourth-order valence-electron chi connectivity index (χ4n) is 4.66. The maximum Gasteiger partial charge on any atom is 0.270 e. The van der Waals surface area contributed by atoms with Gasteiger partial charge in [0.1, 0.15) is 5.84 Å². The molecule has 1 fully saturated rings. The summed E-state index contributed by atoms with van der Waals surface area (Å²) in [5.74, 6) is -0.573. The van der Waals surface area contributed by atoms with Crippen molar-refractivity contribution in [2.75, 3.05) is 36.5 Å². The van der Waals surface area contributed by atoms with E-state index >= 15 is 0 Å². The summed E-state index contributed by atoms with van der Waals surface area (Å²) in [6.07, 6.45) is 1.31. The minimum Gasteiger partial charge on any atom is -0.385 e. The Kier molecular flexibility index (Phi) is 7.55. The molecule has 1 atom stereocenters. The van der Waals surface area contributed by atoms with Gasteiger partial charge in [0.15, 0.2) is 0 Å². The monoisotopic (exact) mass is 478 g/mol. The van der Waals surface area contributed by atoms with Gasteiger partial charge in [-0.1, -0.05) is 18.2 Å². The van der Waals surface area contributed by atoms with Crippen LogP contribution in [0.2, 0.25) is 0 Å². The third-order valence-corrected chi connectivity index (χ3v) is 6.47. The van der Waals surface area contributed by atoms with Crippen LogP contribution in [0.4, 0.5) is 11.4 Å². The van der Waals surface area contributed by atoms with E-state index in [2.05, 4.69) is 21.6 Å². The van der Waals surface area contributed by atoms with Gasteiger partial charge in [0, 0.05) is 61.8 Å². The molecule has 2 heterocycles. The van der Waals surface area contributed by atoms with Crippen molar-refractivity contribution in [2.24, 2.45) is 5.73 Å². The molecule has 186 valence electrons. The number of nitrogen functional groups attached to an aromatic ring is 1. The van der Waals surface area contributed by atoms with Gasteiger partial charge >= 0.3 is 0 Å². The zero-order valence-electron chi connectivity index (χ0n) is 20.4. The number of hydrogen-bond donors (Lipinski definition) is 4. The van der Waals surface area contributed by atoms with Crippen molar-refractivity contribution < 1.29 is 14.3 Å². The van der Waals surface area contributed by atoms with Gasteiger partial charge < -0.3 is 30.9 Å². The van der Waals surface area contributed by atoms with Crippen LogP contribution < -0.4 is 21.3 Å². The Morgan fingerprint density at radius 1 is 1.17 bits per heavy atom. The number of nitrogens with two attached hydrogens (primary N) is 1. The molecule has 0 radical (unpaired) electrons. The van der Waals surface area contributed by atoms with E-state index < -0.39 is 6.23 Å². The summed E-state index contributed by atoms with van der Waals surface area (Å²) in [5.41, 5.74) is 10.5. The average Bonchev–Trinajstić information content (AvgIpc) is 3.50. The number of anilines is 2.